The summed E-state index contributed by atoms with van der Waals surface area (Å²) in [5, 5.41) is 0. The third kappa shape index (κ3) is 3.19. The summed E-state index contributed by atoms with van der Waals surface area (Å²) in [6, 6.07) is 0.603. The predicted octanol–water partition coefficient (Wildman–Crippen LogP) is 1.05. The molecule has 0 aromatic heterocycles. The number of carbonyl (C=O) groups is 1. The Labute approximate surface area is 96.9 Å². The molecule has 1 heterocycles. The van der Waals surface area contributed by atoms with Crippen LogP contribution in [0.1, 0.15) is 25.7 Å². The van der Waals surface area contributed by atoms with Gasteiger partial charge in [0, 0.05) is 19.0 Å². The fraction of sp³-hybridized carbons (Fsp3) is 0.917. The fourth-order valence-electron chi connectivity index (χ4n) is 2.38. The summed E-state index contributed by atoms with van der Waals surface area (Å²) in [6.07, 6.45) is 4.13. The van der Waals surface area contributed by atoms with E-state index in [4.69, 9.17) is 4.74 Å². The summed E-state index contributed by atoms with van der Waals surface area (Å²) in [5.74, 6) is 0.745. The molecule has 0 bridgehead atoms. The van der Waals surface area contributed by atoms with Crippen LogP contribution < -0.4 is 0 Å². The Bertz CT molecular complexity index is 240. The lowest BCUT2D eigenvalue weighted by Gasteiger charge is -2.35. The van der Waals surface area contributed by atoms with Crippen molar-refractivity contribution in [2.45, 2.75) is 31.7 Å². The van der Waals surface area contributed by atoms with Crippen LogP contribution in [0, 0.1) is 5.92 Å². The molecule has 1 aliphatic carbocycles. The molecule has 0 radical (unpaired) electrons. The van der Waals surface area contributed by atoms with Gasteiger partial charge in [-0.25, -0.2) is 0 Å². The Morgan fingerprint density at radius 2 is 2.31 bits per heavy atom. The van der Waals surface area contributed by atoms with E-state index in [1.54, 1.807) is 0 Å². The SMILES string of the molecule is COC(=O)CCCN1CCOC[C@@H]1C1CC1. The van der Waals surface area contributed by atoms with Crippen LogP contribution in [0.15, 0.2) is 0 Å². The molecule has 0 spiro atoms. The quantitative estimate of drug-likeness (QED) is 0.658. The Morgan fingerprint density at radius 3 is 3.00 bits per heavy atom. The second-order valence-corrected chi connectivity index (χ2v) is 4.70. The first-order valence-corrected chi connectivity index (χ1v) is 6.20. The Hall–Kier alpha value is -0.610. The van der Waals surface area contributed by atoms with E-state index < -0.39 is 0 Å². The van der Waals surface area contributed by atoms with Crippen molar-refractivity contribution < 1.29 is 14.3 Å². The first-order valence-electron chi connectivity index (χ1n) is 6.20. The van der Waals surface area contributed by atoms with Gasteiger partial charge in [0.2, 0.25) is 0 Å². The largest absolute Gasteiger partial charge is 0.469 e. The monoisotopic (exact) mass is 227 g/mol. The van der Waals surface area contributed by atoms with Crippen molar-refractivity contribution in [2.24, 2.45) is 5.92 Å². The minimum atomic E-state index is -0.101. The van der Waals surface area contributed by atoms with Gasteiger partial charge in [-0.2, -0.15) is 0 Å². The van der Waals surface area contributed by atoms with E-state index in [1.807, 2.05) is 0 Å². The van der Waals surface area contributed by atoms with Crippen LogP contribution in [0.25, 0.3) is 0 Å². The number of carbonyl (C=O) groups excluding carboxylic acids is 1. The second-order valence-electron chi connectivity index (χ2n) is 4.70. The molecule has 1 saturated carbocycles. The molecule has 4 heteroatoms. The lowest BCUT2D eigenvalue weighted by Crippen LogP contribution is -2.47. The van der Waals surface area contributed by atoms with Gasteiger partial charge < -0.3 is 9.47 Å². The lowest BCUT2D eigenvalue weighted by molar-refractivity contribution is -0.140. The Morgan fingerprint density at radius 1 is 1.50 bits per heavy atom. The minimum Gasteiger partial charge on any atom is -0.469 e. The molecule has 0 N–H and O–H groups in total. The van der Waals surface area contributed by atoms with Crippen LogP contribution in [0.5, 0.6) is 0 Å². The molecule has 0 aromatic rings. The van der Waals surface area contributed by atoms with E-state index in [0.29, 0.717) is 12.5 Å². The smallest absolute Gasteiger partial charge is 0.305 e. The summed E-state index contributed by atoms with van der Waals surface area (Å²) >= 11 is 0. The standard InChI is InChI=1S/C12H21NO3/c1-15-12(14)3-2-6-13-7-8-16-9-11(13)10-4-5-10/h10-11H,2-9H2,1H3/t11-/m1/s1. The Kier molecular flexibility index (Phi) is 4.18. The van der Waals surface area contributed by atoms with Crippen molar-refractivity contribution in [2.75, 3.05) is 33.4 Å². The van der Waals surface area contributed by atoms with Gasteiger partial charge in [0.25, 0.3) is 0 Å². The molecule has 2 rings (SSSR count). The molecule has 0 amide bonds. The van der Waals surface area contributed by atoms with Crippen LogP contribution in [0.3, 0.4) is 0 Å². The lowest BCUT2D eigenvalue weighted by atomic mass is 10.1. The number of ether oxygens (including phenoxy) is 2. The van der Waals surface area contributed by atoms with Gasteiger partial charge in [-0.15, -0.1) is 0 Å². The molecule has 2 fully saturated rings. The average molecular weight is 227 g/mol. The number of rotatable bonds is 5. The zero-order valence-corrected chi connectivity index (χ0v) is 9.98. The summed E-state index contributed by atoms with van der Waals surface area (Å²) in [5.41, 5.74) is 0. The highest BCUT2D eigenvalue weighted by Crippen LogP contribution is 2.36. The number of morpholine rings is 1. The Balaban J connectivity index is 1.71. The van der Waals surface area contributed by atoms with Gasteiger partial charge in [0.05, 0.1) is 20.3 Å². The van der Waals surface area contributed by atoms with E-state index in [2.05, 4.69) is 9.64 Å². The van der Waals surface area contributed by atoms with Gasteiger partial charge in [-0.1, -0.05) is 0 Å². The molecular formula is C12H21NO3. The highest BCUT2D eigenvalue weighted by molar-refractivity contribution is 5.69. The average Bonchev–Trinajstić information content (AvgIpc) is 3.13. The van der Waals surface area contributed by atoms with Crippen molar-refractivity contribution in [1.82, 2.24) is 4.90 Å². The van der Waals surface area contributed by atoms with Gasteiger partial charge in [0.15, 0.2) is 0 Å². The summed E-state index contributed by atoms with van der Waals surface area (Å²) in [6.45, 7) is 3.73. The van der Waals surface area contributed by atoms with E-state index in [-0.39, 0.29) is 5.97 Å². The topological polar surface area (TPSA) is 38.8 Å². The highest BCUT2D eigenvalue weighted by atomic mass is 16.5. The van der Waals surface area contributed by atoms with Gasteiger partial charge in [-0.3, -0.25) is 9.69 Å². The predicted molar refractivity (Wildman–Crippen MR) is 60.2 cm³/mol. The van der Waals surface area contributed by atoms with Crippen molar-refractivity contribution in [3.8, 4) is 0 Å². The maximum Gasteiger partial charge on any atom is 0.305 e. The maximum absolute atomic E-state index is 11.0. The summed E-state index contributed by atoms with van der Waals surface area (Å²) < 4.78 is 10.2. The number of nitrogens with zero attached hydrogens (tertiary/aromatic N) is 1. The normalized spacial score (nSPS) is 26.7. The van der Waals surface area contributed by atoms with E-state index in [0.717, 1.165) is 38.6 Å². The van der Waals surface area contributed by atoms with Crippen molar-refractivity contribution >= 4 is 5.97 Å². The summed E-state index contributed by atoms with van der Waals surface area (Å²) in [4.78, 5) is 13.5. The third-order valence-corrected chi connectivity index (χ3v) is 3.50. The van der Waals surface area contributed by atoms with Gasteiger partial charge in [-0.05, 0) is 31.7 Å². The van der Waals surface area contributed by atoms with Crippen LogP contribution in [-0.4, -0.2) is 50.3 Å². The molecule has 4 nitrogen and oxygen atoms in total. The molecule has 92 valence electrons. The molecule has 0 aromatic carbocycles. The third-order valence-electron chi connectivity index (χ3n) is 3.50. The van der Waals surface area contributed by atoms with Crippen LogP contribution >= 0.6 is 0 Å². The van der Waals surface area contributed by atoms with Gasteiger partial charge >= 0.3 is 5.97 Å². The van der Waals surface area contributed by atoms with E-state index in [1.165, 1.54) is 20.0 Å². The minimum absolute atomic E-state index is 0.101. The van der Waals surface area contributed by atoms with Crippen molar-refractivity contribution in [3.63, 3.8) is 0 Å². The molecule has 0 unspecified atom stereocenters. The molecule has 1 aliphatic heterocycles. The molecular weight excluding hydrogens is 206 g/mol. The first-order chi connectivity index (χ1) is 7.81. The van der Waals surface area contributed by atoms with Crippen LogP contribution in [0.4, 0.5) is 0 Å². The summed E-state index contributed by atoms with van der Waals surface area (Å²) in [7, 11) is 1.45. The first kappa shape index (κ1) is 11.9. The molecule has 16 heavy (non-hydrogen) atoms. The second kappa shape index (κ2) is 5.64. The zero-order chi connectivity index (χ0) is 11.4. The number of esters is 1. The van der Waals surface area contributed by atoms with Crippen molar-refractivity contribution in [1.29, 1.82) is 0 Å². The maximum atomic E-state index is 11.0. The number of hydrogen-bond donors (Lipinski definition) is 0. The van der Waals surface area contributed by atoms with E-state index in [9.17, 15) is 4.79 Å². The molecule has 2 aliphatic rings. The van der Waals surface area contributed by atoms with Crippen LogP contribution in [-0.2, 0) is 14.3 Å². The fourth-order valence-corrected chi connectivity index (χ4v) is 2.38. The highest BCUT2D eigenvalue weighted by Gasteiger charge is 2.36. The molecule has 1 saturated heterocycles. The van der Waals surface area contributed by atoms with Crippen LogP contribution in [0.2, 0.25) is 0 Å². The van der Waals surface area contributed by atoms with E-state index >= 15 is 0 Å². The number of methoxy groups -OCH3 is 1. The molecule has 1 atom stereocenters. The zero-order valence-electron chi connectivity index (χ0n) is 9.98. The number of hydrogen-bond acceptors (Lipinski definition) is 4. The van der Waals surface area contributed by atoms with Gasteiger partial charge in [0.1, 0.15) is 0 Å². The van der Waals surface area contributed by atoms with Crippen molar-refractivity contribution in [3.05, 3.63) is 0 Å².